The fourth-order valence-corrected chi connectivity index (χ4v) is 9.46. The lowest BCUT2D eigenvalue weighted by Crippen LogP contribution is -2.65. The third-order valence-corrected chi connectivity index (χ3v) is 14.1. The van der Waals surface area contributed by atoms with Gasteiger partial charge in [-0.15, -0.1) is 0 Å². The number of nitrogens with one attached hydrogen (secondary N) is 1. The van der Waals surface area contributed by atoms with E-state index in [-0.39, 0.29) is 18.9 Å². The monoisotopic (exact) mass is 1000 g/mol. The third-order valence-electron chi connectivity index (χ3n) is 14.1. The normalized spacial score (nSPS) is 26.1. The maximum Gasteiger partial charge on any atom is 0.220 e. The number of aliphatic hydroxyl groups is 8. The fourth-order valence-electron chi connectivity index (χ4n) is 9.46. The van der Waals surface area contributed by atoms with Crippen molar-refractivity contribution in [1.82, 2.24) is 5.32 Å². The minimum absolute atomic E-state index is 0.244. The Morgan fingerprint density at radius 2 is 0.900 bits per heavy atom. The Kier molecular flexibility index (Phi) is 39.5. The summed E-state index contributed by atoms with van der Waals surface area (Å²) >= 11 is 0. The zero-order valence-corrected chi connectivity index (χ0v) is 44.0. The number of rotatable bonds is 45. The van der Waals surface area contributed by atoms with E-state index in [0.29, 0.717) is 6.42 Å². The van der Waals surface area contributed by atoms with Crippen molar-refractivity contribution in [3.8, 4) is 0 Å². The lowest BCUT2D eigenvalue weighted by molar-refractivity contribution is -0.359. The molecule has 0 aromatic heterocycles. The summed E-state index contributed by atoms with van der Waals surface area (Å²) in [6.07, 6.45) is 33.2. The molecular formula is C56H105NO13. The predicted molar refractivity (Wildman–Crippen MR) is 277 cm³/mol. The van der Waals surface area contributed by atoms with Crippen LogP contribution in [0.25, 0.3) is 0 Å². The molecule has 0 aromatic carbocycles. The van der Waals surface area contributed by atoms with E-state index in [1.807, 2.05) is 6.08 Å². The number of hydrogen-bond donors (Lipinski definition) is 9. The molecule has 0 saturated carbocycles. The molecule has 2 rings (SSSR count). The summed E-state index contributed by atoms with van der Waals surface area (Å²) in [7, 11) is 0. The van der Waals surface area contributed by atoms with Crippen molar-refractivity contribution in [3.63, 3.8) is 0 Å². The molecule has 0 radical (unpaired) electrons. The molecule has 2 aliphatic heterocycles. The second kappa shape index (κ2) is 42.8. The fraction of sp³-hybridized carbons (Fsp3) is 0.911. The van der Waals surface area contributed by atoms with E-state index in [2.05, 4.69) is 31.3 Å². The maximum atomic E-state index is 13.1. The molecule has 2 saturated heterocycles. The molecule has 0 bridgehead atoms. The average molecular weight is 1000 g/mol. The van der Waals surface area contributed by atoms with Crippen molar-refractivity contribution in [2.45, 2.75) is 306 Å². The SMILES string of the molecule is CCCCC/C=C/C(O)C(COC1OC(CO)C(OC2OC(CO)C(O)C(O)C2O)C(O)C1O)NC(=O)CCCCCCCCCCCCCCCCCCCCC/C=C\CCCCCCCCCC. The summed E-state index contributed by atoms with van der Waals surface area (Å²) in [5.74, 6) is -0.244. The van der Waals surface area contributed by atoms with Crippen molar-refractivity contribution < 1.29 is 64.6 Å². The first-order valence-corrected chi connectivity index (χ1v) is 28.6. The van der Waals surface area contributed by atoms with Gasteiger partial charge < -0.3 is 65.1 Å². The number of unbranched alkanes of at least 4 members (excludes halogenated alkanes) is 30. The number of hydrogen-bond acceptors (Lipinski definition) is 13. The highest BCUT2D eigenvalue weighted by Gasteiger charge is 2.51. The van der Waals surface area contributed by atoms with Crippen LogP contribution in [-0.4, -0.2) is 140 Å². The molecule has 2 fully saturated rings. The van der Waals surface area contributed by atoms with Gasteiger partial charge in [0, 0.05) is 6.42 Å². The van der Waals surface area contributed by atoms with E-state index in [1.54, 1.807) is 6.08 Å². The Morgan fingerprint density at radius 1 is 0.500 bits per heavy atom. The summed E-state index contributed by atoms with van der Waals surface area (Å²) in [5, 5.41) is 86.3. The molecule has 412 valence electrons. The summed E-state index contributed by atoms with van der Waals surface area (Å²) in [4.78, 5) is 13.1. The van der Waals surface area contributed by atoms with Gasteiger partial charge in [0.25, 0.3) is 0 Å². The second-order valence-electron chi connectivity index (χ2n) is 20.4. The number of ether oxygens (including phenoxy) is 4. The first kappa shape index (κ1) is 64.6. The van der Waals surface area contributed by atoms with Crippen LogP contribution in [0.4, 0.5) is 0 Å². The minimum Gasteiger partial charge on any atom is -0.394 e. The number of aliphatic hydroxyl groups excluding tert-OH is 8. The zero-order chi connectivity index (χ0) is 51.0. The van der Waals surface area contributed by atoms with Crippen LogP contribution in [0.5, 0.6) is 0 Å². The standard InChI is InChI=1S/C56H105NO13/c1-3-5-7-9-10-11-12-13-14-15-16-17-18-19-20-21-22-23-24-25-26-27-28-29-30-31-32-33-34-36-38-40-48(61)57-44(45(60)39-37-35-8-6-4-2)43-67-55-53(66)51(64)54(47(42-59)69-55)70-56-52(65)50(63)49(62)46(41-58)68-56/h15-16,37,39,44-47,49-56,58-60,62-66H,3-14,17-36,38,40-43H2,1-2H3,(H,57,61)/b16-15-,39-37+. The largest absolute Gasteiger partial charge is 0.394 e. The van der Waals surface area contributed by atoms with Crippen molar-refractivity contribution in [2.24, 2.45) is 0 Å². The summed E-state index contributed by atoms with van der Waals surface area (Å²) in [6, 6.07) is -0.907. The molecule has 0 aromatic rings. The molecule has 0 aliphatic carbocycles. The molecule has 14 heteroatoms. The third kappa shape index (κ3) is 28.8. The maximum absolute atomic E-state index is 13.1. The van der Waals surface area contributed by atoms with Gasteiger partial charge in [-0.1, -0.05) is 205 Å². The topological polar surface area (TPSA) is 228 Å². The van der Waals surface area contributed by atoms with Crippen LogP contribution in [0.2, 0.25) is 0 Å². The first-order chi connectivity index (χ1) is 34.1. The van der Waals surface area contributed by atoms with Gasteiger partial charge in [-0.05, 0) is 44.9 Å². The summed E-state index contributed by atoms with van der Waals surface area (Å²) in [6.45, 7) is 2.68. The van der Waals surface area contributed by atoms with E-state index in [4.69, 9.17) is 18.9 Å². The average Bonchev–Trinajstić information content (AvgIpc) is 3.36. The van der Waals surface area contributed by atoms with Crippen molar-refractivity contribution in [2.75, 3.05) is 19.8 Å². The molecule has 12 atom stereocenters. The van der Waals surface area contributed by atoms with Crippen LogP contribution < -0.4 is 5.32 Å². The number of carbonyl (C=O) groups excluding carboxylic acids is 1. The Morgan fingerprint density at radius 3 is 1.39 bits per heavy atom. The predicted octanol–water partition coefficient (Wildman–Crippen LogP) is 8.89. The summed E-state index contributed by atoms with van der Waals surface area (Å²) < 4.78 is 22.6. The highest BCUT2D eigenvalue weighted by molar-refractivity contribution is 5.76. The van der Waals surface area contributed by atoms with Crippen LogP contribution in [0.1, 0.15) is 232 Å². The molecule has 1 amide bonds. The molecule has 12 unspecified atom stereocenters. The van der Waals surface area contributed by atoms with E-state index in [1.165, 1.54) is 161 Å². The Balaban J connectivity index is 1.55. The second-order valence-corrected chi connectivity index (χ2v) is 20.4. The van der Waals surface area contributed by atoms with Gasteiger partial charge in [0.15, 0.2) is 12.6 Å². The molecule has 9 N–H and O–H groups in total. The van der Waals surface area contributed by atoms with Crippen LogP contribution in [0.15, 0.2) is 24.3 Å². The van der Waals surface area contributed by atoms with E-state index >= 15 is 0 Å². The van der Waals surface area contributed by atoms with E-state index < -0.39 is 86.8 Å². The zero-order valence-electron chi connectivity index (χ0n) is 44.0. The van der Waals surface area contributed by atoms with Crippen molar-refractivity contribution >= 4 is 5.91 Å². The molecule has 2 aliphatic rings. The number of carbonyl (C=O) groups is 1. The van der Waals surface area contributed by atoms with Gasteiger partial charge in [0.1, 0.15) is 48.8 Å². The Hall–Kier alpha value is -1.53. The van der Waals surface area contributed by atoms with Crippen molar-refractivity contribution in [1.29, 1.82) is 0 Å². The smallest absolute Gasteiger partial charge is 0.220 e. The summed E-state index contributed by atoms with van der Waals surface area (Å²) in [5.41, 5.74) is 0. The van der Waals surface area contributed by atoms with Gasteiger partial charge >= 0.3 is 0 Å². The van der Waals surface area contributed by atoms with E-state index in [9.17, 15) is 45.6 Å². The van der Waals surface area contributed by atoms with Gasteiger partial charge in [0.2, 0.25) is 5.91 Å². The van der Waals surface area contributed by atoms with Gasteiger partial charge in [-0.3, -0.25) is 4.79 Å². The van der Waals surface area contributed by atoms with Crippen LogP contribution in [-0.2, 0) is 23.7 Å². The van der Waals surface area contributed by atoms with Gasteiger partial charge in [0.05, 0.1) is 32.0 Å². The van der Waals surface area contributed by atoms with Crippen LogP contribution >= 0.6 is 0 Å². The first-order valence-electron chi connectivity index (χ1n) is 28.6. The number of amides is 1. The lowest BCUT2D eigenvalue weighted by Gasteiger charge is -2.46. The molecule has 0 spiro atoms. The molecule has 2 heterocycles. The Bertz CT molecular complexity index is 1270. The number of allylic oxidation sites excluding steroid dienone is 3. The lowest BCUT2D eigenvalue weighted by atomic mass is 9.97. The molecular weight excluding hydrogens is 895 g/mol. The van der Waals surface area contributed by atoms with Crippen molar-refractivity contribution in [3.05, 3.63) is 24.3 Å². The molecule has 70 heavy (non-hydrogen) atoms. The quantitative estimate of drug-likeness (QED) is 0.0205. The van der Waals surface area contributed by atoms with Crippen LogP contribution in [0.3, 0.4) is 0 Å². The van der Waals surface area contributed by atoms with Gasteiger partial charge in [-0.2, -0.15) is 0 Å². The van der Waals surface area contributed by atoms with Crippen LogP contribution in [0, 0.1) is 0 Å². The molecule has 14 nitrogen and oxygen atoms in total. The van der Waals surface area contributed by atoms with E-state index in [0.717, 1.165) is 44.9 Å². The van der Waals surface area contributed by atoms with Gasteiger partial charge in [-0.25, -0.2) is 0 Å². The minimum atomic E-state index is -1.78. The highest BCUT2D eigenvalue weighted by Crippen LogP contribution is 2.30. The Labute approximate surface area is 424 Å². The highest BCUT2D eigenvalue weighted by atomic mass is 16.7.